The maximum Gasteiger partial charge on any atom is 0.329 e. The van der Waals surface area contributed by atoms with Crippen LogP contribution in [0.2, 0.25) is 0 Å². The van der Waals surface area contributed by atoms with Crippen molar-refractivity contribution in [3.8, 4) is 28.1 Å². The lowest BCUT2D eigenvalue weighted by atomic mass is 9.82. The SMILES string of the molecule is COc1cncc(-c2c(-c3ccccc3)nn(C[C@H]3CC[C@@H](COCC(=O)O)CC3)c2C)c1. The molecule has 0 amide bonds. The maximum atomic E-state index is 10.7. The van der Waals surface area contributed by atoms with E-state index in [1.165, 1.54) is 0 Å². The Balaban J connectivity index is 1.54. The van der Waals surface area contributed by atoms with Gasteiger partial charge in [-0.25, -0.2) is 4.79 Å². The number of carboxylic acids is 1. The van der Waals surface area contributed by atoms with Gasteiger partial charge >= 0.3 is 5.97 Å². The van der Waals surface area contributed by atoms with Crippen LogP contribution in [0.5, 0.6) is 5.75 Å². The normalized spacial score (nSPS) is 18.2. The smallest absolute Gasteiger partial charge is 0.329 e. The second-order valence-electron chi connectivity index (χ2n) is 8.77. The van der Waals surface area contributed by atoms with Crippen molar-refractivity contribution >= 4 is 5.97 Å². The highest BCUT2D eigenvalue weighted by atomic mass is 16.5. The molecule has 0 saturated heterocycles. The van der Waals surface area contributed by atoms with Gasteiger partial charge in [0.05, 0.1) is 19.9 Å². The Bertz CT molecular complexity index is 1070. The molecule has 0 atom stereocenters. The molecule has 1 aromatic carbocycles. The number of aromatic nitrogens is 3. The molecule has 1 saturated carbocycles. The lowest BCUT2D eigenvalue weighted by Gasteiger charge is -2.28. The Morgan fingerprint density at radius 3 is 2.52 bits per heavy atom. The number of benzene rings is 1. The first-order chi connectivity index (χ1) is 16.0. The number of hydrogen-bond donors (Lipinski definition) is 1. The van der Waals surface area contributed by atoms with Crippen LogP contribution in [0, 0.1) is 18.8 Å². The summed E-state index contributed by atoms with van der Waals surface area (Å²) in [7, 11) is 1.65. The lowest BCUT2D eigenvalue weighted by Crippen LogP contribution is -2.23. The van der Waals surface area contributed by atoms with Crippen molar-refractivity contribution < 1.29 is 19.4 Å². The van der Waals surface area contributed by atoms with Gasteiger partial charge in [0.1, 0.15) is 18.1 Å². The van der Waals surface area contributed by atoms with Crippen molar-refractivity contribution in [2.24, 2.45) is 11.8 Å². The van der Waals surface area contributed by atoms with Crippen LogP contribution in [0.25, 0.3) is 22.4 Å². The van der Waals surface area contributed by atoms with Gasteiger partial charge < -0.3 is 14.6 Å². The number of ether oxygens (including phenoxy) is 2. The molecule has 7 nitrogen and oxygen atoms in total. The third-order valence-corrected chi connectivity index (χ3v) is 6.47. The van der Waals surface area contributed by atoms with Gasteiger partial charge in [0.25, 0.3) is 0 Å². The minimum Gasteiger partial charge on any atom is -0.495 e. The number of rotatable bonds is 9. The van der Waals surface area contributed by atoms with E-state index in [4.69, 9.17) is 19.7 Å². The van der Waals surface area contributed by atoms with Crippen LogP contribution in [-0.4, -0.2) is 46.2 Å². The van der Waals surface area contributed by atoms with E-state index in [9.17, 15) is 4.79 Å². The Labute approximate surface area is 194 Å². The van der Waals surface area contributed by atoms with Gasteiger partial charge in [0.15, 0.2) is 0 Å². The molecule has 0 aliphatic heterocycles. The van der Waals surface area contributed by atoms with Crippen LogP contribution in [0.15, 0.2) is 48.8 Å². The molecule has 1 fully saturated rings. The van der Waals surface area contributed by atoms with Crippen molar-refractivity contribution in [3.05, 3.63) is 54.5 Å². The van der Waals surface area contributed by atoms with Crippen LogP contribution < -0.4 is 4.74 Å². The number of aliphatic carboxylic acids is 1. The van der Waals surface area contributed by atoms with Gasteiger partial charge in [-0.2, -0.15) is 5.10 Å². The van der Waals surface area contributed by atoms with Crippen molar-refractivity contribution in [3.63, 3.8) is 0 Å². The second kappa shape index (κ2) is 10.6. The van der Waals surface area contributed by atoms with Gasteiger partial charge in [0.2, 0.25) is 0 Å². The van der Waals surface area contributed by atoms with Crippen molar-refractivity contribution in [2.75, 3.05) is 20.3 Å². The molecule has 0 bridgehead atoms. The van der Waals surface area contributed by atoms with E-state index in [-0.39, 0.29) is 6.61 Å². The predicted molar refractivity (Wildman–Crippen MR) is 126 cm³/mol. The standard InChI is InChI=1S/C26H31N3O4/c1-18-25(22-12-23(32-2)14-27-13-22)26(21-6-4-3-5-7-21)28-29(18)15-19-8-10-20(11-9-19)16-33-17-24(30)31/h3-7,12-14,19-20H,8-11,15-17H2,1-2H3,(H,30,31)/t19-,20+. The zero-order valence-corrected chi connectivity index (χ0v) is 19.2. The summed E-state index contributed by atoms with van der Waals surface area (Å²) in [5.41, 5.74) is 5.24. The number of hydrogen-bond acceptors (Lipinski definition) is 5. The molecule has 1 aliphatic rings. The van der Waals surface area contributed by atoms with E-state index in [0.29, 0.717) is 18.4 Å². The first-order valence-corrected chi connectivity index (χ1v) is 11.5. The van der Waals surface area contributed by atoms with Gasteiger partial charge in [-0.15, -0.1) is 0 Å². The van der Waals surface area contributed by atoms with Gasteiger partial charge in [-0.1, -0.05) is 30.3 Å². The van der Waals surface area contributed by atoms with E-state index in [2.05, 4.69) is 28.7 Å². The van der Waals surface area contributed by atoms with E-state index in [1.54, 1.807) is 13.3 Å². The summed E-state index contributed by atoms with van der Waals surface area (Å²) < 4.78 is 12.9. The van der Waals surface area contributed by atoms with Gasteiger partial charge in [-0.05, 0) is 50.5 Å². The van der Waals surface area contributed by atoms with Crippen molar-refractivity contribution in [2.45, 2.75) is 39.2 Å². The highest BCUT2D eigenvalue weighted by Crippen LogP contribution is 2.37. The highest BCUT2D eigenvalue weighted by molar-refractivity contribution is 5.82. The fourth-order valence-electron chi connectivity index (χ4n) is 4.67. The molecule has 4 rings (SSSR count). The van der Waals surface area contributed by atoms with Crippen LogP contribution in [-0.2, 0) is 16.1 Å². The molecule has 174 valence electrons. The zero-order valence-electron chi connectivity index (χ0n) is 19.2. The van der Waals surface area contributed by atoms with Crippen LogP contribution in [0.3, 0.4) is 0 Å². The Kier molecular flexibility index (Phi) is 7.40. The fourth-order valence-corrected chi connectivity index (χ4v) is 4.67. The van der Waals surface area contributed by atoms with Crippen LogP contribution in [0.4, 0.5) is 0 Å². The third kappa shape index (κ3) is 5.60. The first-order valence-electron chi connectivity index (χ1n) is 11.5. The summed E-state index contributed by atoms with van der Waals surface area (Å²) in [5, 5.41) is 13.8. The predicted octanol–water partition coefficient (Wildman–Crippen LogP) is 4.84. The summed E-state index contributed by atoms with van der Waals surface area (Å²) in [6.07, 6.45) is 7.88. The van der Waals surface area contributed by atoms with Gasteiger partial charge in [0, 0.05) is 35.1 Å². The second-order valence-corrected chi connectivity index (χ2v) is 8.77. The topological polar surface area (TPSA) is 86.5 Å². The highest BCUT2D eigenvalue weighted by Gasteiger charge is 2.25. The van der Waals surface area contributed by atoms with Crippen LogP contribution >= 0.6 is 0 Å². The molecule has 2 aromatic heterocycles. The number of pyridine rings is 1. The maximum absolute atomic E-state index is 10.7. The van der Waals surface area contributed by atoms with Crippen molar-refractivity contribution in [1.82, 2.24) is 14.8 Å². The lowest BCUT2D eigenvalue weighted by molar-refractivity contribution is -0.142. The Hall–Kier alpha value is -3.19. The van der Waals surface area contributed by atoms with Crippen molar-refractivity contribution in [1.29, 1.82) is 0 Å². The number of carbonyl (C=O) groups is 1. The van der Waals surface area contributed by atoms with Crippen LogP contribution in [0.1, 0.15) is 31.4 Å². The molecule has 1 aliphatic carbocycles. The summed E-state index contributed by atoms with van der Waals surface area (Å²) in [5.74, 6) is 0.799. The van der Waals surface area contributed by atoms with Gasteiger partial charge in [-0.3, -0.25) is 9.67 Å². The monoisotopic (exact) mass is 449 g/mol. The summed E-state index contributed by atoms with van der Waals surface area (Å²) in [6, 6.07) is 12.3. The molecule has 2 heterocycles. The fraction of sp³-hybridized carbons (Fsp3) is 0.423. The molecule has 3 aromatic rings. The molecule has 0 unspecified atom stereocenters. The minimum atomic E-state index is -0.908. The zero-order chi connectivity index (χ0) is 23.2. The Morgan fingerprint density at radius 2 is 1.82 bits per heavy atom. The number of carboxylic acid groups (broad SMARTS) is 1. The number of methoxy groups -OCH3 is 1. The molecule has 7 heteroatoms. The van der Waals surface area contributed by atoms with E-state index in [0.717, 1.165) is 66.1 Å². The van der Waals surface area contributed by atoms with E-state index >= 15 is 0 Å². The summed E-state index contributed by atoms with van der Waals surface area (Å²) in [6.45, 7) is 3.31. The first kappa shape index (κ1) is 23.0. The molecule has 0 spiro atoms. The third-order valence-electron chi connectivity index (χ3n) is 6.47. The summed E-state index contributed by atoms with van der Waals surface area (Å²) in [4.78, 5) is 15.0. The molecular weight excluding hydrogens is 418 g/mol. The van der Waals surface area contributed by atoms with E-state index < -0.39 is 5.97 Å². The molecule has 1 N–H and O–H groups in total. The van der Waals surface area contributed by atoms with E-state index in [1.807, 2.05) is 30.5 Å². The molecule has 33 heavy (non-hydrogen) atoms. The number of nitrogens with zero attached hydrogens (tertiary/aromatic N) is 3. The quantitative estimate of drug-likeness (QED) is 0.503. The average Bonchev–Trinajstić information content (AvgIpc) is 3.16. The average molecular weight is 450 g/mol. The Morgan fingerprint density at radius 1 is 1.09 bits per heavy atom. The molecule has 0 radical (unpaired) electrons. The largest absolute Gasteiger partial charge is 0.495 e. The minimum absolute atomic E-state index is 0.212. The summed E-state index contributed by atoms with van der Waals surface area (Å²) >= 11 is 0. The molecular formula is C26H31N3O4.